The zero-order valence-electron chi connectivity index (χ0n) is 17.9. The van der Waals surface area contributed by atoms with E-state index in [0.717, 1.165) is 16.3 Å². The van der Waals surface area contributed by atoms with Crippen LogP contribution in [0.1, 0.15) is 13.8 Å². The van der Waals surface area contributed by atoms with Gasteiger partial charge in [-0.2, -0.15) is 13.2 Å². The number of amides is 1. The molecule has 12 heteroatoms. The van der Waals surface area contributed by atoms with Gasteiger partial charge in [-0.05, 0) is 38.1 Å². The summed E-state index contributed by atoms with van der Waals surface area (Å²) in [6.07, 6.45) is -1.59. The summed E-state index contributed by atoms with van der Waals surface area (Å²) >= 11 is 0.854. The van der Waals surface area contributed by atoms with E-state index in [0.29, 0.717) is 36.0 Å². The predicted molar refractivity (Wildman–Crippen MR) is 117 cm³/mol. The van der Waals surface area contributed by atoms with Gasteiger partial charge in [0.15, 0.2) is 11.0 Å². The SMILES string of the molecule is CCOc1ccc(OCC)c(NC(=O)CSc2nnc(-c3ccncc3)n2CC(F)(F)F)c1. The molecule has 3 aromatic rings. The molecule has 0 bridgehead atoms. The Balaban J connectivity index is 1.76. The van der Waals surface area contributed by atoms with Crippen LogP contribution in [0.4, 0.5) is 18.9 Å². The van der Waals surface area contributed by atoms with Gasteiger partial charge in [-0.15, -0.1) is 10.2 Å². The minimum atomic E-state index is -4.49. The van der Waals surface area contributed by atoms with Crippen LogP contribution in [0.5, 0.6) is 11.5 Å². The van der Waals surface area contributed by atoms with Gasteiger partial charge in [0.1, 0.15) is 18.0 Å². The first kappa shape index (κ1) is 24.4. The topological polar surface area (TPSA) is 91.2 Å². The molecule has 0 fully saturated rings. The van der Waals surface area contributed by atoms with Gasteiger partial charge in [0.25, 0.3) is 0 Å². The van der Waals surface area contributed by atoms with E-state index in [1.807, 2.05) is 13.8 Å². The predicted octanol–water partition coefficient (Wildman–Crippen LogP) is 4.43. The quantitative estimate of drug-likeness (QED) is 0.429. The second-order valence-corrected chi connectivity index (χ2v) is 7.55. The number of rotatable bonds is 10. The molecular weight excluding hydrogens is 459 g/mol. The monoisotopic (exact) mass is 481 g/mol. The van der Waals surface area contributed by atoms with E-state index in [1.54, 1.807) is 30.3 Å². The first-order chi connectivity index (χ1) is 15.8. The van der Waals surface area contributed by atoms with Crippen molar-refractivity contribution in [3.8, 4) is 22.9 Å². The number of hydrogen-bond acceptors (Lipinski definition) is 7. The number of aromatic nitrogens is 4. The van der Waals surface area contributed by atoms with E-state index >= 15 is 0 Å². The zero-order valence-corrected chi connectivity index (χ0v) is 18.7. The number of alkyl halides is 3. The number of thioether (sulfide) groups is 1. The molecule has 0 saturated carbocycles. The Bertz CT molecular complexity index is 1080. The van der Waals surface area contributed by atoms with Crippen LogP contribution in [-0.4, -0.2) is 50.8 Å². The lowest BCUT2D eigenvalue weighted by molar-refractivity contribution is -0.141. The Kier molecular flexibility index (Phi) is 8.15. The van der Waals surface area contributed by atoms with Gasteiger partial charge in [0, 0.05) is 24.0 Å². The number of nitrogens with zero attached hydrogens (tertiary/aromatic N) is 4. The van der Waals surface area contributed by atoms with Crippen molar-refractivity contribution in [1.82, 2.24) is 19.7 Å². The van der Waals surface area contributed by atoms with E-state index in [9.17, 15) is 18.0 Å². The van der Waals surface area contributed by atoms with Crippen molar-refractivity contribution < 1.29 is 27.4 Å². The Morgan fingerprint density at radius 2 is 1.82 bits per heavy atom. The Morgan fingerprint density at radius 1 is 1.09 bits per heavy atom. The van der Waals surface area contributed by atoms with Gasteiger partial charge < -0.3 is 14.8 Å². The summed E-state index contributed by atoms with van der Waals surface area (Å²) in [7, 11) is 0. The number of ether oxygens (including phenoxy) is 2. The number of carbonyl (C=O) groups is 1. The number of nitrogens with one attached hydrogen (secondary N) is 1. The van der Waals surface area contributed by atoms with E-state index in [2.05, 4.69) is 20.5 Å². The highest BCUT2D eigenvalue weighted by Crippen LogP contribution is 2.31. The van der Waals surface area contributed by atoms with Crippen molar-refractivity contribution in [2.45, 2.75) is 31.7 Å². The summed E-state index contributed by atoms with van der Waals surface area (Å²) in [4.78, 5) is 16.4. The van der Waals surface area contributed by atoms with Gasteiger partial charge in [-0.3, -0.25) is 14.3 Å². The van der Waals surface area contributed by atoms with Crippen molar-refractivity contribution in [3.63, 3.8) is 0 Å². The maximum absolute atomic E-state index is 13.2. The molecule has 1 N–H and O–H groups in total. The first-order valence-electron chi connectivity index (χ1n) is 10.0. The molecule has 1 aromatic carbocycles. The van der Waals surface area contributed by atoms with Crippen LogP contribution in [0, 0.1) is 0 Å². The molecule has 2 heterocycles. The maximum atomic E-state index is 13.2. The normalized spacial score (nSPS) is 11.3. The third-order valence-corrected chi connectivity index (χ3v) is 5.13. The highest BCUT2D eigenvalue weighted by atomic mass is 32.2. The Morgan fingerprint density at radius 3 is 2.48 bits per heavy atom. The fourth-order valence-electron chi connectivity index (χ4n) is 2.89. The van der Waals surface area contributed by atoms with Crippen LogP contribution < -0.4 is 14.8 Å². The van der Waals surface area contributed by atoms with Gasteiger partial charge in [-0.1, -0.05) is 11.8 Å². The molecule has 0 unspecified atom stereocenters. The highest BCUT2D eigenvalue weighted by molar-refractivity contribution is 7.99. The smallest absolute Gasteiger partial charge is 0.406 e. The number of halogens is 3. The fraction of sp³-hybridized carbons (Fsp3) is 0.333. The maximum Gasteiger partial charge on any atom is 0.406 e. The largest absolute Gasteiger partial charge is 0.494 e. The van der Waals surface area contributed by atoms with Crippen LogP contribution in [0.3, 0.4) is 0 Å². The molecular formula is C21H22F3N5O3S. The molecule has 0 saturated heterocycles. The average molecular weight is 482 g/mol. The summed E-state index contributed by atoms with van der Waals surface area (Å²) in [5, 5.41) is 10.5. The molecule has 176 valence electrons. The lowest BCUT2D eigenvalue weighted by Gasteiger charge is -2.14. The van der Waals surface area contributed by atoms with Crippen molar-refractivity contribution in [2.75, 3.05) is 24.3 Å². The molecule has 0 atom stereocenters. The van der Waals surface area contributed by atoms with Crippen LogP contribution in [0.2, 0.25) is 0 Å². The zero-order chi connectivity index (χ0) is 23.8. The first-order valence-corrected chi connectivity index (χ1v) is 11.0. The molecule has 0 aliphatic carbocycles. The van der Waals surface area contributed by atoms with Gasteiger partial charge in [0.2, 0.25) is 5.91 Å². The summed E-state index contributed by atoms with van der Waals surface area (Å²) in [6.45, 7) is 3.21. The van der Waals surface area contributed by atoms with Gasteiger partial charge in [-0.25, -0.2) is 0 Å². The summed E-state index contributed by atoms with van der Waals surface area (Å²) in [5.74, 6) is 0.425. The fourth-order valence-corrected chi connectivity index (χ4v) is 3.63. The number of hydrogen-bond donors (Lipinski definition) is 1. The molecule has 8 nitrogen and oxygen atoms in total. The van der Waals surface area contributed by atoms with Crippen LogP contribution in [-0.2, 0) is 11.3 Å². The lowest BCUT2D eigenvalue weighted by Crippen LogP contribution is -2.20. The van der Waals surface area contributed by atoms with E-state index in [1.165, 1.54) is 12.4 Å². The molecule has 33 heavy (non-hydrogen) atoms. The number of benzene rings is 1. The molecule has 0 aliphatic rings. The van der Waals surface area contributed by atoms with Crippen molar-refractivity contribution in [2.24, 2.45) is 0 Å². The van der Waals surface area contributed by atoms with Crippen molar-refractivity contribution >= 4 is 23.4 Å². The molecule has 0 spiro atoms. The van der Waals surface area contributed by atoms with Gasteiger partial charge in [0.05, 0.1) is 24.7 Å². The second kappa shape index (κ2) is 11.0. The van der Waals surface area contributed by atoms with Gasteiger partial charge >= 0.3 is 6.18 Å². The van der Waals surface area contributed by atoms with E-state index in [-0.39, 0.29) is 16.7 Å². The van der Waals surface area contributed by atoms with Crippen LogP contribution in [0.25, 0.3) is 11.4 Å². The number of carbonyl (C=O) groups excluding carboxylic acids is 1. The van der Waals surface area contributed by atoms with Crippen molar-refractivity contribution in [1.29, 1.82) is 0 Å². The minimum Gasteiger partial charge on any atom is -0.494 e. The van der Waals surface area contributed by atoms with Crippen LogP contribution >= 0.6 is 11.8 Å². The molecule has 0 radical (unpaired) electrons. The van der Waals surface area contributed by atoms with E-state index < -0.39 is 18.6 Å². The molecule has 3 rings (SSSR count). The minimum absolute atomic E-state index is 0.0256. The van der Waals surface area contributed by atoms with Crippen molar-refractivity contribution in [3.05, 3.63) is 42.7 Å². The summed E-state index contributed by atoms with van der Waals surface area (Å²) in [6, 6.07) is 8.11. The third kappa shape index (κ3) is 6.85. The summed E-state index contributed by atoms with van der Waals surface area (Å²) < 4.78 is 51.5. The average Bonchev–Trinajstić information content (AvgIpc) is 3.16. The Labute approximate surface area is 192 Å². The third-order valence-electron chi connectivity index (χ3n) is 4.16. The molecule has 0 aliphatic heterocycles. The standard InChI is InChI=1S/C21H22F3N5O3S/c1-3-31-15-5-6-17(32-4-2)16(11-15)26-18(30)12-33-20-28-27-19(14-7-9-25-10-8-14)29(20)13-21(22,23)24/h5-11H,3-4,12-13H2,1-2H3,(H,26,30). The highest BCUT2D eigenvalue weighted by Gasteiger charge is 2.31. The number of pyridine rings is 1. The lowest BCUT2D eigenvalue weighted by atomic mass is 10.2. The second-order valence-electron chi connectivity index (χ2n) is 6.60. The Hall–Kier alpha value is -3.28. The number of anilines is 1. The summed E-state index contributed by atoms with van der Waals surface area (Å²) in [5.41, 5.74) is 0.842. The van der Waals surface area contributed by atoms with E-state index in [4.69, 9.17) is 9.47 Å². The molecule has 1 amide bonds. The molecule has 2 aromatic heterocycles. The van der Waals surface area contributed by atoms with Crippen LogP contribution in [0.15, 0.2) is 47.9 Å².